The lowest BCUT2D eigenvalue weighted by Gasteiger charge is -2.71. The molecule has 30 heavy (non-hydrogen) atoms. The van der Waals surface area contributed by atoms with E-state index in [0.717, 1.165) is 29.6 Å². The van der Waals surface area contributed by atoms with Crippen LogP contribution in [0.2, 0.25) is 0 Å². The van der Waals surface area contributed by atoms with Gasteiger partial charge in [-0.05, 0) is 121 Å². The van der Waals surface area contributed by atoms with Gasteiger partial charge >= 0.3 is 0 Å². The third-order valence-electron chi connectivity index (χ3n) is 13.0. The lowest BCUT2D eigenvalue weighted by atomic mass is 9.33. The van der Waals surface area contributed by atoms with Crippen molar-refractivity contribution in [2.75, 3.05) is 0 Å². The molecule has 0 N–H and O–H groups in total. The van der Waals surface area contributed by atoms with Gasteiger partial charge in [-0.3, -0.25) is 0 Å². The summed E-state index contributed by atoms with van der Waals surface area (Å²) in [5.74, 6) is 4.52. The van der Waals surface area contributed by atoms with Crippen molar-refractivity contribution in [1.29, 1.82) is 0 Å². The lowest BCUT2D eigenvalue weighted by Crippen LogP contribution is -2.63. The van der Waals surface area contributed by atoms with E-state index in [1.807, 2.05) is 5.57 Å². The Hall–Kier alpha value is -0.260. The van der Waals surface area contributed by atoms with Gasteiger partial charge in [0.15, 0.2) is 0 Å². The molecule has 0 aromatic rings. The van der Waals surface area contributed by atoms with E-state index in [0.29, 0.717) is 27.1 Å². The fourth-order valence-corrected chi connectivity index (χ4v) is 11.2. The number of allylic oxidation sites excluding steroid dienone is 2. The molecule has 0 radical (unpaired) electrons. The van der Waals surface area contributed by atoms with Crippen molar-refractivity contribution in [1.82, 2.24) is 0 Å². The van der Waals surface area contributed by atoms with E-state index in [9.17, 15) is 0 Å². The van der Waals surface area contributed by atoms with Gasteiger partial charge in [0.2, 0.25) is 0 Å². The summed E-state index contributed by atoms with van der Waals surface area (Å²) in [5.41, 5.74) is 4.58. The molecule has 5 aliphatic carbocycles. The van der Waals surface area contributed by atoms with Crippen molar-refractivity contribution in [2.45, 2.75) is 120 Å². The normalized spacial score (nSPS) is 54.6. The van der Waals surface area contributed by atoms with E-state index >= 15 is 0 Å². The van der Waals surface area contributed by atoms with Crippen LogP contribution in [0.15, 0.2) is 11.6 Å². The first-order chi connectivity index (χ1) is 13.9. The minimum Gasteiger partial charge on any atom is -0.0844 e. The molecule has 0 bridgehead atoms. The topological polar surface area (TPSA) is 0 Å². The van der Waals surface area contributed by atoms with Crippen LogP contribution in [0.25, 0.3) is 0 Å². The summed E-state index contributed by atoms with van der Waals surface area (Å²) >= 11 is 0. The summed E-state index contributed by atoms with van der Waals surface area (Å²) in [6.07, 6.45) is 17.3. The Bertz CT molecular complexity index is 741. The lowest BCUT2D eigenvalue weighted by molar-refractivity contribution is -0.203. The summed E-state index contributed by atoms with van der Waals surface area (Å²) < 4.78 is 0. The average molecular weight is 411 g/mol. The molecule has 0 aliphatic heterocycles. The molecule has 5 rings (SSSR count). The maximum Gasteiger partial charge on any atom is -0.00796 e. The molecule has 5 aliphatic rings. The fraction of sp³-hybridized carbons (Fsp3) is 0.933. The second kappa shape index (κ2) is 6.41. The molecule has 170 valence electrons. The van der Waals surface area contributed by atoms with Crippen molar-refractivity contribution >= 4 is 0 Å². The van der Waals surface area contributed by atoms with E-state index in [4.69, 9.17) is 0 Å². The molecule has 0 nitrogen and oxygen atoms in total. The Balaban J connectivity index is 1.54. The minimum atomic E-state index is 0.471. The molecule has 0 unspecified atom stereocenters. The standard InChI is InChI=1S/C30H50/c1-20(2)21-11-13-24-27(21,5)16-18-30(8)25-14-12-22-23(10-9-15-26(22,3)4)28(25,6)17-19-29(24,30)7/h10,20-22,24-25H,9,11-19H2,1-8H3/t21-,22-,24-,25+,27-,28+,29+,30-/m1/s1. The highest BCUT2D eigenvalue weighted by Crippen LogP contribution is 2.78. The molecular weight excluding hydrogens is 360 g/mol. The van der Waals surface area contributed by atoms with Gasteiger partial charge in [0.1, 0.15) is 0 Å². The van der Waals surface area contributed by atoms with E-state index in [2.05, 4.69) is 61.5 Å². The first-order valence-electron chi connectivity index (χ1n) is 13.6. The van der Waals surface area contributed by atoms with Crippen LogP contribution in [0.5, 0.6) is 0 Å². The van der Waals surface area contributed by atoms with Gasteiger partial charge in [-0.2, -0.15) is 0 Å². The van der Waals surface area contributed by atoms with Crippen LogP contribution in [0, 0.1) is 56.7 Å². The second-order valence-electron chi connectivity index (χ2n) is 14.6. The van der Waals surface area contributed by atoms with Gasteiger partial charge < -0.3 is 0 Å². The molecule has 0 saturated heterocycles. The van der Waals surface area contributed by atoms with Crippen LogP contribution < -0.4 is 0 Å². The average Bonchev–Trinajstić information content (AvgIpc) is 3.02. The maximum absolute atomic E-state index is 2.78. The Morgan fingerprint density at radius 3 is 2.07 bits per heavy atom. The first kappa shape index (κ1) is 21.6. The summed E-state index contributed by atoms with van der Waals surface area (Å²) in [7, 11) is 0. The Morgan fingerprint density at radius 2 is 1.37 bits per heavy atom. The molecule has 0 amide bonds. The Kier molecular flexibility index (Phi) is 4.61. The van der Waals surface area contributed by atoms with Crippen molar-refractivity contribution in [3.8, 4) is 0 Å². The van der Waals surface area contributed by atoms with E-state index in [1.165, 1.54) is 64.2 Å². The van der Waals surface area contributed by atoms with Crippen LogP contribution in [-0.4, -0.2) is 0 Å². The number of rotatable bonds is 1. The number of hydrogen-bond donors (Lipinski definition) is 0. The number of fused-ring (bicyclic) bond motifs is 7. The first-order valence-corrected chi connectivity index (χ1v) is 13.6. The van der Waals surface area contributed by atoms with E-state index in [1.54, 1.807) is 0 Å². The summed E-state index contributed by atoms with van der Waals surface area (Å²) in [6, 6.07) is 0. The molecule has 0 heterocycles. The summed E-state index contributed by atoms with van der Waals surface area (Å²) in [5, 5.41) is 0. The largest absolute Gasteiger partial charge is 0.0844 e. The third-order valence-corrected chi connectivity index (χ3v) is 13.0. The van der Waals surface area contributed by atoms with Gasteiger partial charge in [0, 0.05) is 0 Å². The second-order valence-corrected chi connectivity index (χ2v) is 14.6. The van der Waals surface area contributed by atoms with Gasteiger partial charge in [-0.15, -0.1) is 0 Å². The van der Waals surface area contributed by atoms with Gasteiger partial charge in [0.25, 0.3) is 0 Å². The molecular formula is C30H50. The molecule has 0 heteroatoms. The monoisotopic (exact) mass is 410 g/mol. The van der Waals surface area contributed by atoms with Crippen molar-refractivity contribution in [3.05, 3.63) is 11.6 Å². The highest BCUT2D eigenvalue weighted by molar-refractivity contribution is 5.30. The van der Waals surface area contributed by atoms with Crippen molar-refractivity contribution in [3.63, 3.8) is 0 Å². The van der Waals surface area contributed by atoms with Gasteiger partial charge in [0.05, 0.1) is 0 Å². The summed E-state index contributed by atoms with van der Waals surface area (Å²) in [4.78, 5) is 0. The Morgan fingerprint density at radius 1 is 0.733 bits per heavy atom. The molecule has 4 saturated carbocycles. The number of hydrogen-bond acceptors (Lipinski definition) is 0. The van der Waals surface area contributed by atoms with Gasteiger partial charge in [-0.25, -0.2) is 0 Å². The quantitative estimate of drug-likeness (QED) is 0.378. The predicted octanol–water partition coefficient (Wildman–Crippen LogP) is 9.05. The van der Waals surface area contributed by atoms with Crippen LogP contribution in [0.4, 0.5) is 0 Å². The predicted molar refractivity (Wildman–Crippen MR) is 129 cm³/mol. The van der Waals surface area contributed by atoms with E-state index in [-0.39, 0.29) is 0 Å². The molecule has 0 spiro atoms. The van der Waals surface area contributed by atoms with Crippen LogP contribution in [0.3, 0.4) is 0 Å². The highest BCUT2D eigenvalue weighted by Gasteiger charge is 2.69. The molecule has 0 aromatic heterocycles. The van der Waals surface area contributed by atoms with Crippen molar-refractivity contribution in [2.24, 2.45) is 56.7 Å². The zero-order valence-electron chi connectivity index (χ0n) is 21.5. The maximum atomic E-state index is 2.78. The zero-order chi connectivity index (χ0) is 21.7. The fourth-order valence-electron chi connectivity index (χ4n) is 11.2. The Labute approximate surface area is 188 Å². The highest BCUT2D eigenvalue weighted by atomic mass is 14.7. The molecule has 8 atom stereocenters. The smallest absolute Gasteiger partial charge is 0.00796 e. The van der Waals surface area contributed by atoms with Crippen LogP contribution in [-0.2, 0) is 0 Å². The van der Waals surface area contributed by atoms with Crippen LogP contribution >= 0.6 is 0 Å². The molecule has 0 aromatic carbocycles. The van der Waals surface area contributed by atoms with Crippen molar-refractivity contribution < 1.29 is 0 Å². The van der Waals surface area contributed by atoms with E-state index < -0.39 is 0 Å². The zero-order valence-corrected chi connectivity index (χ0v) is 21.5. The summed E-state index contributed by atoms with van der Waals surface area (Å²) in [6.45, 7) is 21.2. The third kappa shape index (κ3) is 2.46. The van der Waals surface area contributed by atoms with Crippen LogP contribution in [0.1, 0.15) is 120 Å². The molecule has 4 fully saturated rings. The minimum absolute atomic E-state index is 0.471. The van der Waals surface area contributed by atoms with Gasteiger partial charge in [-0.1, -0.05) is 67.0 Å². The SMILES string of the molecule is CC(C)[C@H]1CC[C@@H]2[C@]1(C)CC[C@]1(C)[C@H]3CC[C@@H]4C(=CCCC4(C)C)[C@]3(C)CC[C@@]21C.